The van der Waals surface area contributed by atoms with Crippen LogP contribution in [0.1, 0.15) is 35.3 Å². The molecule has 0 fully saturated rings. The van der Waals surface area contributed by atoms with Crippen LogP contribution in [0.2, 0.25) is 0 Å². The van der Waals surface area contributed by atoms with E-state index in [1.165, 1.54) is 0 Å². The van der Waals surface area contributed by atoms with Gasteiger partial charge in [-0.2, -0.15) is 10.4 Å². The lowest BCUT2D eigenvalue weighted by atomic mass is 10.1. The largest absolute Gasteiger partial charge is 0.399 e. The molecule has 1 heterocycles. The van der Waals surface area contributed by atoms with E-state index in [-0.39, 0.29) is 6.04 Å². The molecule has 1 unspecified atom stereocenters. The minimum atomic E-state index is 0.0131. The van der Waals surface area contributed by atoms with Crippen LogP contribution in [0.4, 0.5) is 11.5 Å². The fourth-order valence-corrected chi connectivity index (χ4v) is 1.92. The number of aromatic nitrogens is 2. The monoisotopic (exact) mass is 267 g/mol. The zero-order chi connectivity index (χ0) is 14.7. The first-order valence-corrected chi connectivity index (χ1v) is 6.39. The normalized spacial score (nSPS) is 11.7. The van der Waals surface area contributed by atoms with Gasteiger partial charge in [-0.3, -0.25) is 0 Å². The summed E-state index contributed by atoms with van der Waals surface area (Å²) in [6, 6.07) is 9.81. The number of nitrogen functional groups attached to an aromatic ring is 1. The summed E-state index contributed by atoms with van der Waals surface area (Å²) in [7, 11) is 0. The molecule has 2 aromatic rings. The van der Waals surface area contributed by atoms with Crippen molar-refractivity contribution in [2.75, 3.05) is 11.1 Å². The van der Waals surface area contributed by atoms with E-state index in [1.54, 1.807) is 0 Å². The second-order valence-corrected chi connectivity index (χ2v) is 4.78. The highest BCUT2D eigenvalue weighted by Gasteiger charge is 2.13. The molecule has 0 spiro atoms. The van der Waals surface area contributed by atoms with Gasteiger partial charge in [0.2, 0.25) is 0 Å². The first-order valence-electron chi connectivity index (χ1n) is 6.39. The Morgan fingerprint density at radius 1 is 1.20 bits per heavy atom. The van der Waals surface area contributed by atoms with Crippen molar-refractivity contribution in [2.24, 2.45) is 0 Å². The molecule has 3 N–H and O–H groups in total. The van der Waals surface area contributed by atoms with Crippen LogP contribution in [0.25, 0.3) is 0 Å². The highest BCUT2D eigenvalue weighted by Crippen LogP contribution is 2.23. The molecule has 0 bridgehead atoms. The van der Waals surface area contributed by atoms with Gasteiger partial charge in [0.25, 0.3) is 0 Å². The Morgan fingerprint density at radius 2 is 1.85 bits per heavy atom. The predicted molar refractivity (Wildman–Crippen MR) is 79.1 cm³/mol. The Kier molecular flexibility index (Phi) is 3.85. The van der Waals surface area contributed by atoms with E-state index in [2.05, 4.69) is 21.6 Å². The molecule has 1 atom stereocenters. The van der Waals surface area contributed by atoms with E-state index in [0.29, 0.717) is 11.4 Å². The van der Waals surface area contributed by atoms with E-state index in [9.17, 15) is 5.26 Å². The number of hydrogen-bond donors (Lipinski definition) is 2. The van der Waals surface area contributed by atoms with Gasteiger partial charge in [-0.15, -0.1) is 5.10 Å². The molecule has 1 aromatic carbocycles. The maximum Gasteiger partial charge on any atom is 0.167 e. The van der Waals surface area contributed by atoms with E-state index in [1.807, 2.05) is 45.0 Å². The number of hydrogen-bond acceptors (Lipinski definition) is 5. The summed E-state index contributed by atoms with van der Waals surface area (Å²) in [5.74, 6) is 0.514. The molecule has 0 saturated carbocycles. The quantitative estimate of drug-likeness (QED) is 0.835. The van der Waals surface area contributed by atoms with E-state index >= 15 is 0 Å². The first kappa shape index (κ1) is 13.8. The number of benzene rings is 1. The third-order valence-corrected chi connectivity index (χ3v) is 3.36. The van der Waals surface area contributed by atoms with Gasteiger partial charge in [-0.1, -0.05) is 12.1 Å². The zero-order valence-corrected chi connectivity index (χ0v) is 11.8. The average Bonchev–Trinajstić information content (AvgIpc) is 2.44. The second-order valence-electron chi connectivity index (χ2n) is 4.78. The Balaban J connectivity index is 2.28. The van der Waals surface area contributed by atoms with Crippen LogP contribution in [0.15, 0.2) is 24.3 Å². The number of rotatable bonds is 3. The van der Waals surface area contributed by atoms with Crippen molar-refractivity contribution in [3.8, 4) is 6.07 Å². The van der Waals surface area contributed by atoms with Crippen molar-refractivity contribution >= 4 is 11.5 Å². The van der Waals surface area contributed by atoms with Crippen LogP contribution in [-0.4, -0.2) is 10.2 Å². The van der Waals surface area contributed by atoms with Gasteiger partial charge in [0.05, 0.1) is 11.7 Å². The molecule has 1 aromatic heterocycles. The van der Waals surface area contributed by atoms with E-state index in [4.69, 9.17) is 5.73 Å². The third kappa shape index (κ3) is 2.69. The molecule has 2 rings (SSSR count). The van der Waals surface area contributed by atoms with Gasteiger partial charge in [0.1, 0.15) is 11.6 Å². The smallest absolute Gasteiger partial charge is 0.167 e. The molecule has 0 aliphatic heterocycles. The maximum absolute atomic E-state index is 9.27. The minimum Gasteiger partial charge on any atom is -0.399 e. The molecule has 0 amide bonds. The summed E-state index contributed by atoms with van der Waals surface area (Å²) in [6.45, 7) is 5.72. The van der Waals surface area contributed by atoms with Gasteiger partial charge < -0.3 is 11.1 Å². The highest BCUT2D eigenvalue weighted by molar-refractivity contribution is 5.56. The van der Waals surface area contributed by atoms with Crippen LogP contribution in [0.5, 0.6) is 0 Å². The van der Waals surface area contributed by atoms with Crippen LogP contribution in [-0.2, 0) is 0 Å². The Hall–Kier alpha value is -2.61. The lowest BCUT2D eigenvalue weighted by molar-refractivity contribution is 0.849. The molecule has 5 nitrogen and oxygen atoms in total. The number of nitrogens with two attached hydrogens (primary N) is 1. The number of nitrogens with zero attached hydrogens (tertiary/aromatic N) is 3. The third-order valence-electron chi connectivity index (χ3n) is 3.36. The molecule has 0 aliphatic rings. The van der Waals surface area contributed by atoms with E-state index in [0.717, 1.165) is 22.5 Å². The topological polar surface area (TPSA) is 87.6 Å². The Bertz CT molecular complexity index is 655. The van der Waals surface area contributed by atoms with Crippen LogP contribution in [0.3, 0.4) is 0 Å². The number of anilines is 2. The van der Waals surface area contributed by atoms with Crippen LogP contribution < -0.4 is 11.1 Å². The number of nitrogens with one attached hydrogen (secondary N) is 1. The maximum atomic E-state index is 9.27. The summed E-state index contributed by atoms with van der Waals surface area (Å²) >= 11 is 0. The van der Waals surface area contributed by atoms with Crippen molar-refractivity contribution in [1.29, 1.82) is 5.26 Å². The molecule has 0 radical (unpaired) electrons. The van der Waals surface area contributed by atoms with Crippen molar-refractivity contribution < 1.29 is 0 Å². The van der Waals surface area contributed by atoms with Crippen molar-refractivity contribution in [2.45, 2.75) is 26.8 Å². The molecule has 20 heavy (non-hydrogen) atoms. The Labute approximate surface area is 118 Å². The number of aryl methyl sites for hydroxylation is 1. The molecule has 0 saturated heterocycles. The lowest BCUT2D eigenvalue weighted by Gasteiger charge is -2.16. The second kappa shape index (κ2) is 5.57. The molecule has 0 aliphatic carbocycles. The van der Waals surface area contributed by atoms with Gasteiger partial charge >= 0.3 is 0 Å². The summed E-state index contributed by atoms with van der Waals surface area (Å²) in [6.07, 6.45) is 0. The molecular formula is C15H17N5. The van der Waals surface area contributed by atoms with Gasteiger partial charge in [0.15, 0.2) is 5.82 Å². The lowest BCUT2D eigenvalue weighted by Crippen LogP contribution is -2.11. The highest BCUT2D eigenvalue weighted by atomic mass is 15.2. The summed E-state index contributed by atoms with van der Waals surface area (Å²) < 4.78 is 0. The minimum absolute atomic E-state index is 0.0131. The number of nitriles is 1. The predicted octanol–water partition coefficient (Wildman–Crippen LogP) is 2.72. The zero-order valence-electron chi connectivity index (χ0n) is 11.8. The summed E-state index contributed by atoms with van der Waals surface area (Å²) in [5.41, 5.74) is 9.64. The fraction of sp³-hybridized carbons (Fsp3) is 0.267. The molecule has 5 heteroatoms. The van der Waals surface area contributed by atoms with Crippen molar-refractivity contribution in [3.63, 3.8) is 0 Å². The average molecular weight is 267 g/mol. The SMILES string of the molecule is Cc1nnc(NC(C)c2ccc(N)cc2)c(C#N)c1C. The molecule has 102 valence electrons. The molecular weight excluding hydrogens is 250 g/mol. The summed E-state index contributed by atoms with van der Waals surface area (Å²) in [5, 5.41) is 20.6. The van der Waals surface area contributed by atoms with Gasteiger partial charge in [0, 0.05) is 5.69 Å². The van der Waals surface area contributed by atoms with Crippen LogP contribution >= 0.6 is 0 Å². The first-order chi connectivity index (χ1) is 9.52. The standard InChI is InChI=1S/C15H17N5/c1-9-10(2)19-20-15(14(9)8-16)18-11(3)12-4-6-13(17)7-5-12/h4-7,11H,17H2,1-3H3,(H,18,20). The van der Waals surface area contributed by atoms with Gasteiger partial charge in [-0.05, 0) is 44.0 Å². The summed E-state index contributed by atoms with van der Waals surface area (Å²) in [4.78, 5) is 0. The fourth-order valence-electron chi connectivity index (χ4n) is 1.92. The van der Waals surface area contributed by atoms with Crippen molar-refractivity contribution in [3.05, 3.63) is 46.6 Å². The van der Waals surface area contributed by atoms with Crippen molar-refractivity contribution in [1.82, 2.24) is 10.2 Å². The van der Waals surface area contributed by atoms with Crippen LogP contribution in [0, 0.1) is 25.2 Å². The van der Waals surface area contributed by atoms with Gasteiger partial charge in [-0.25, -0.2) is 0 Å². The van der Waals surface area contributed by atoms with E-state index < -0.39 is 0 Å². The Morgan fingerprint density at radius 3 is 2.45 bits per heavy atom.